The van der Waals surface area contributed by atoms with E-state index >= 15 is 0 Å². The molecule has 1 nitrogen and oxygen atoms in total. The first-order valence-electron chi connectivity index (χ1n) is 9.59. The van der Waals surface area contributed by atoms with Gasteiger partial charge in [0.05, 0.1) is 0 Å². The van der Waals surface area contributed by atoms with Crippen molar-refractivity contribution in [2.75, 3.05) is 13.1 Å². The Hall–Kier alpha value is -0.0400. The van der Waals surface area contributed by atoms with Gasteiger partial charge in [0, 0.05) is 0 Å². The van der Waals surface area contributed by atoms with Gasteiger partial charge in [-0.2, -0.15) is 0 Å². The van der Waals surface area contributed by atoms with Crippen LogP contribution in [0.15, 0.2) is 0 Å². The van der Waals surface area contributed by atoms with Gasteiger partial charge in [-0.1, -0.05) is 90.9 Å². The summed E-state index contributed by atoms with van der Waals surface area (Å²) in [5.74, 6) is 2.01. The van der Waals surface area contributed by atoms with E-state index in [1.807, 2.05) is 0 Å². The van der Waals surface area contributed by atoms with Crippen molar-refractivity contribution in [1.82, 2.24) is 5.32 Å². The molecule has 20 heavy (non-hydrogen) atoms. The molecule has 0 aromatic carbocycles. The van der Waals surface area contributed by atoms with Gasteiger partial charge in [0.15, 0.2) is 0 Å². The maximum atomic E-state index is 3.57. The number of rotatable bonds is 13. The summed E-state index contributed by atoms with van der Waals surface area (Å²) in [7, 11) is 0. The normalized spacial score (nSPS) is 19.1. The summed E-state index contributed by atoms with van der Waals surface area (Å²) in [6.45, 7) is 7.19. The zero-order valence-electron chi connectivity index (χ0n) is 14.3. The van der Waals surface area contributed by atoms with Crippen LogP contribution in [0, 0.1) is 11.8 Å². The van der Waals surface area contributed by atoms with Crippen LogP contribution in [0.4, 0.5) is 0 Å². The van der Waals surface area contributed by atoms with Gasteiger partial charge in [-0.3, -0.25) is 0 Å². The minimum atomic E-state index is 0.993. The highest BCUT2D eigenvalue weighted by atomic mass is 14.9. The van der Waals surface area contributed by atoms with Crippen molar-refractivity contribution in [3.8, 4) is 0 Å². The molecule has 1 heteroatoms. The first-order chi connectivity index (χ1) is 9.88. The Kier molecular flexibility index (Phi) is 11.4. The molecule has 1 fully saturated rings. The molecular weight excluding hydrogens is 242 g/mol. The molecular formula is C19H39N. The van der Waals surface area contributed by atoms with Crippen molar-refractivity contribution in [2.24, 2.45) is 11.8 Å². The van der Waals surface area contributed by atoms with Crippen molar-refractivity contribution < 1.29 is 0 Å². The van der Waals surface area contributed by atoms with Gasteiger partial charge in [-0.25, -0.2) is 0 Å². The van der Waals surface area contributed by atoms with Crippen molar-refractivity contribution in [1.29, 1.82) is 0 Å². The highest BCUT2D eigenvalue weighted by molar-refractivity contribution is 4.78. The van der Waals surface area contributed by atoms with Crippen LogP contribution in [-0.4, -0.2) is 13.1 Å². The summed E-state index contributed by atoms with van der Waals surface area (Å²) in [5, 5.41) is 3.57. The molecule has 0 bridgehead atoms. The molecule has 0 saturated carbocycles. The minimum Gasteiger partial charge on any atom is -0.316 e. The summed E-state index contributed by atoms with van der Waals surface area (Å²) in [5.41, 5.74) is 0. The van der Waals surface area contributed by atoms with E-state index in [0.29, 0.717) is 0 Å². The molecule has 0 aromatic heterocycles. The molecule has 0 amide bonds. The van der Waals surface area contributed by atoms with Gasteiger partial charge in [0.1, 0.15) is 0 Å². The topological polar surface area (TPSA) is 12.0 Å². The molecule has 1 N–H and O–H groups in total. The van der Waals surface area contributed by atoms with E-state index in [1.54, 1.807) is 0 Å². The maximum Gasteiger partial charge on any atom is -0.00174 e. The number of hydrogen-bond acceptors (Lipinski definition) is 1. The second-order valence-electron chi connectivity index (χ2n) is 6.92. The molecule has 0 unspecified atom stereocenters. The van der Waals surface area contributed by atoms with Gasteiger partial charge in [-0.05, 0) is 31.3 Å². The summed E-state index contributed by atoms with van der Waals surface area (Å²) >= 11 is 0. The second kappa shape index (κ2) is 12.7. The van der Waals surface area contributed by atoms with Crippen LogP contribution < -0.4 is 5.32 Å². The fourth-order valence-electron chi connectivity index (χ4n) is 3.72. The van der Waals surface area contributed by atoms with E-state index in [-0.39, 0.29) is 0 Å². The Morgan fingerprint density at radius 3 is 1.80 bits per heavy atom. The largest absolute Gasteiger partial charge is 0.316 e. The predicted molar refractivity (Wildman–Crippen MR) is 91.2 cm³/mol. The van der Waals surface area contributed by atoms with Gasteiger partial charge in [-0.15, -0.1) is 0 Å². The van der Waals surface area contributed by atoms with Crippen LogP contribution in [0.3, 0.4) is 0 Å². The van der Waals surface area contributed by atoms with Crippen molar-refractivity contribution >= 4 is 0 Å². The quantitative estimate of drug-likeness (QED) is 0.412. The Morgan fingerprint density at radius 2 is 1.35 bits per heavy atom. The molecule has 1 saturated heterocycles. The summed E-state index contributed by atoms with van der Waals surface area (Å²) in [4.78, 5) is 0. The lowest BCUT2D eigenvalue weighted by Gasteiger charge is -2.23. The molecule has 1 heterocycles. The first kappa shape index (κ1) is 18.0. The number of unbranched alkanes of at least 4 members (excludes halogenated alkanes) is 8. The maximum absolute atomic E-state index is 3.57. The summed E-state index contributed by atoms with van der Waals surface area (Å²) < 4.78 is 0. The molecule has 0 spiro atoms. The highest BCUT2D eigenvalue weighted by Gasteiger charge is 2.23. The second-order valence-corrected chi connectivity index (χ2v) is 6.92. The van der Waals surface area contributed by atoms with Crippen LogP contribution in [0.1, 0.15) is 97.3 Å². The predicted octanol–water partition coefficient (Wildman–Crippen LogP) is 5.93. The molecule has 0 aliphatic carbocycles. The van der Waals surface area contributed by atoms with Crippen LogP contribution in [0.5, 0.6) is 0 Å². The molecule has 0 aromatic rings. The van der Waals surface area contributed by atoms with E-state index in [9.17, 15) is 0 Å². The molecule has 1 aliphatic rings. The highest BCUT2D eigenvalue weighted by Crippen LogP contribution is 2.29. The van der Waals surface area contributed by atoms with Gasteiger partial charge in [0.2, 0.25) is 0 Å². The van der Waals surface area contributed by atoms with Crippen molar-refractivity contribution in [2.45, 2.75) is 97.3 Å². The fraction of sp³-hybridized carbons (Fsp3) is 1.00. The Balaban J connectivity index is 2.14. The van der Waals surface area contributed by atoms with Crippen LogP contribution in [0.2, 0.25) is 0 Å². The van der Waals surface area contributed by atoms with Crippen molar-refractivity contribution in [3.63, 3.8) is 0 Å². The molecule has 0 radical (unpaired) electrons. The SMILES string of the molecule is CCCCCCCC(CCCCCCC)[C@@H]1CCNC1. The van der Waals surface area contributed by atoms with Gasteiger partial charge >= 0.3 is 0 Å². The zero-order valence-corrected chi connectivity index (χ0v) is 14.3. The van der Waals surface area contributed by atoms with E-state index in [0.717, 1.165) is 11.8 Å². The molecule has 120 valence electrons. The third-order valence-electron chi connectivity index (χ3n) is 5.12. The van der Waals surface area contributed by atoms with Crippen LogP contribution >= 0.6 is 0 Å². The lowest BCUT2D eigenvalue weighted by Crippen LogP contribution is -2.18. The lowest BCUT2D eigenvalue weighted by molar-refractivity contribution is 0.294. The Bertz CT molecular complexity index is 182. The first-order valence-corrected chi connectivity index (χ1v) is 9.59. The van der Waals surface area contributed by atoms with Crippen molar-refractivity contribution in [3.05, 3.63) is 0 Å². The third-order valence-corrected chi connectivity index (χ3v) is 5.12. The lowest BCUT2D eigenvalue weighted by atomic mass is 9.83. The monoisotopic (exact) mass is 281 g/mol. The standard InChI is InChI=1S/C19H39N/c1-3-5-7-9-11-13-18(19-15-16-20-17-19)14-12-10-8-6-4-2/h18-20H,3-17H2,1-2H3/t19-/m1/s1. The van der Waals surface area contributed by atoms with Gasteiger partial charge < -0.3 is 5.32 Å². The van der Waals surface area contributed by atoms with Crippen LogP contribution in [-0.2, 0) is 0 Å². The smallest absolute Gasteiger partial charge is 0.00174 e. The number of hydrogen-bond donors (Lipinski definition) is 1. The molecule has 1 rings (SSSR count). The number of nitrogens with one attached hydrogen (secondary N) is 1. The van der Waals surface area contributed by atoms with E-state index < -0.39 is 0 Å². The Labute approximate surface area is 128 Å². The molecule has 1 atom stereocenters. The average molecular weight is 282 g/mol. The van der Waals surface area contributed by atoms with E-state index in [2.05, 4.69) is 19.2 Å². The summed E-state index contributed by atoms with van der Waals surface area (Å²) in [6, 6.07) is 0. The van der Waals surface area contributed by atoms with Crippen LogP contribution in [0.25, 0.3) is 0 Å². The minimum absolute atomic E-state index is 0.993. The summed E-state index contributed by atoms with van der Waals surface area (Å²) in [6.07, 6.45) is 18.9. The third kappa shape index (κ3) is 8.29. The van der Waals surface area contributed by atoms with Gasteiger partial charge in [0.25, 0.3) is 0 Å². The van der Waals surface area contributed by atoms with E-state index in [4.69, 9.17) is 0 Å². The zero-order chi connectivity index (χ0) is 14.5. The van der Waals surface area contributed by atoms with E-state index in [1.165, 1.54) is 96.6 Å². The Morgan fingerprint density at radius 1 is 0.800 bits per heavy atom. The average Bonchev–Trinajstić information content (AvgIpc) is 2.98. The fourth-order valence-corrected chi connectivity index (χ4v) is 3.72. The molecule has 1 aliphatic heterocycles.